The monoisotopic (exact) mass is 714 g/mol. The molecular formula is C23H15BrN4O12S3. The Balaban J connectivity index is 1.77. The lowest BCUT2D eigenvalue weighted by atomic mass is 10.1. The summed E-state index contributed by atoms with van der Waals surface area (Å²) in [7, 11) is -14.3. The summed E-state index contributed by atoms with van der Waals surface area (Å²) in [5, 5.41) is 35.1. The van der Waals surface area contributed by atoms with Crippen LogP contribution in [0.4, 0.5) is 22.7 Å². The van der Waals surface area contributed by atoms with E-state index in [1.165, 1.54) is 18.2 Å². The van der Waals surface area contributed by atoms with Gasteiger partial charge in [-0.2, -0.15) is 35.5 Å². The SMILES string of the molecule is O=C(O)c1cc(N=Nc2ccc(S(=O)(=O)O)cc2)ccc1N=Nc1c(S(=O)(=O)O)cc2cc(S(=O)(=O)O)c(Br)cc2c1O. The fourth-order valence-electron chi connectivity index (χ4n) is 3.59. The average molecular weight is 715 g/mol. The van der Waals surface area contributed by atoms with Crippen molar-refractivity contribution < 1.29 is 53.9 Å². The predicted octanol–water partition coefficient (Wildman–Crippen LogP) is 5.58. The zero-order valence-corrected chi connectivity index (χ0v) is 24.8. The number of halogens is 1. The van der Waals surface area contributed by atoms with E-state index < -0.39 is 63.1 Å². The molecule has 0 saturated carbocycles. The van der Waals surface area contributed by atoms with Gasteiger partial charge in [-0.25, -0.2) is 4.79 Å². The van der Waals surface area contributed by atoms with Crippen molar-refractivity contribution >= 4 is 85.8 Å². The molecule has 0 radical (unpaired) electrons. The van der Waals surface area contributed by atoms with Crippen LogP contribution in [0.2, 0.25) is 0 Å². The summed E-state index contributed by atoms with van der Waals surface area (Å²) in [6, 6.07) is 10.7. The molecule has 0 spiro atoms. The number of hydrogen-bond donors (Lipinski definition) is 5. The normalized spacial score (nSPS) is 12.8. The fourth-order valence-corrected chi connectivity index (χ4v) is 6.26. The third-order valence-corrected chi connectivity index (χ3v) is 9.09. The van der Waals surface area contributed by atoms with Crippen LogP contribution < -0.4 is 0 Å². The summed E-state index contributed by atoms with van der Waals surface area (Å²) in [6.07, 6.45) is 0. The lowest BCUT2D eigenvalue weighted by Crippen LogP contribution is -2.01. The number of phenols is 1. The molecule has 0 unspecified atom stereocenters. The number of phenolic OH excluding ortho intramolecular Hbond substituents is 1. The molecule has 0 amide bonds. The summed E-state index contributed by atoms with van der Waals surface area (Å²) in [4.78, 5) is 9.85. The quantitative estimate of drug-likeness (QED) is 0.111. The summed E-state index contributed by atoms with van der Waals surface area (Å²) in [5.74, 6) is -2.39. The number of carboxylic acids is 1. The van der Waals surface area contributed by atoms with Crippen molar-refractivity contribution in [1.29, 1.82) is 0 Å². The van der Waals surface area contributed by atoms with Gasteiger partial charge in [-0.1, -0.05) is 0 Å². The molecule has 0 aliphatic carbocycles. The van der Waals surface area contributed by atoms with Crippen LogP contribution >= 0.6 is 15.9 Å². The van der Waals surface area contributed by atoms with Gasteiger partial charge in [0.25, 0.3) is 30.4 Å². The van der Waals surface area contributed by atoms with Gasteiger partial charge in [-0.05, 0) is 82.0 Å². The Kier molecular flexibility index (Phi) is 8.48. The Morgan fingerprint density at radius 3 is 1.79 bits per heavy atom. The van der Waals surface area contributed by atoms with Gasteiger partial charge in [-0.15, -0.1) is 10.2 Å². The number of carbonyl (C=O) groups is 1. The van der Waals surface area contributed by atoms with E-state index in [0.29, 0.717) is 0 Å². The molecule has 4 aromatic rings. The highest BCUT2D eigenvalue weighted by Gasteiger charge is 2.25. The van der Waals surface area contributed by atoms with Gasteiger partial charge in [0.15, 0.2) is 5.75 Å². The fraction of sp³-hybridized carbons (Fsp3) is 0. The first-order valence-corrected chi connectivity index (χ1v) is 16.2. The van der Waals surface area contributed by atoms with Gasteiger partial charge in [0.1, 0.15) is 21.2 Å². The highest BCUT2D eigenvalue weighted by Crippen LogP contribution is 2.43. The molecule has 0 aliphatic heterocycles. The van der Waals surface area contributed by atoms with E-state index in [1.807, 2.05) is 0 Å². The van der Waals surface area contributed by atoms with Crippen LogP contribution in [0.25, 0.3) is 10.8 Å². The van der Waals surface area contributed by atoms with Gasteiger partial charge >= 0.3 is 5.97 Å². The Morgan fingerprint density at radius 1 is 0.674 bits per heavy atom. The van der Waals surface area contributed by atoms with Crippen molar-refractivity contribution in [1.82, 2.24) is 0 Å². The van der Waals surface area contributed by atoms with Crippen LogP contribution in [0.15, 0.2) is 100 Å². The molecule has 0 fully saturated rings. The average Bonchev–Trinajstić information content (AvgIpc) is 2.90. The number of nitrogens with zero attached hydrogens (tertiary/aromatic N) is 4. The largest absolute Gasteiger partial charge is 0.505 e. The standard InChI is InChI=1S/C23H15BrN4O12S3/c24-17-10-15-11(7-19(17)42(35,36)37)8-20(43(38,39)40)21(22(15)29)28-27-18-6-3-13(9-16(18)23(30)31)26-25-12-1-4-14(5-2-12)41(32,33)34/h1-10,29H,(H,30,31)(H,32,33,34)(H,35,36,37)(H,38,39,40). The number of rotatable bonds is 8. The summed E-state index contributed by atoms with van der Waals surface area (Å²) < 4.78 is 97.7. The molecule has 4 rings (SSSR count). The van der Waals surface area contributed by atoms with Crippen molar-refractivity contribution in [3.05, 3.63) is 70.7 Å². The molecule has 5 N–H and O–H groups in total. The smallest absolute Gasteiger partial charge is 0.338 e. The van der Waals surface area contributed by atoms with Crippen molar-refractivity contribution in [3.63, 3.8) is 0 Å². The molecule has 0 aromatic heterocycles. The molecule has 4 aromatic carbocycles. The number of hydrogen-bond acceptors (Lipinski definition) is 12. The Labute approximate surface area is 250 Å². The van der Waals surface area contributed by atoms with Crippen molar-refractivity contribution in [2.24, 2.45) is 20.5 Å². The number of benzene rings is 4. The van der Waals surface area contributed by atoms with E-state index in [1.54, 1.807) is 0 Å². The maximum absolute atomic E-state index is 12.1. The highest BCUT2D eigenvalue weighted by atomic mass is 79.9. The first-order chi connectivity index (χ1) is 19.9. The lowest BCUT2D eigenvalue weighted by molar-refractivity contribution is 0.0697. The van der Waals surface area contributed by atoms with Gasteiger partial charge in [0.05, 0.1) is 21.8 Å². The minimum atomic E-state index is -5.12. The zero-order chi connectivity index (χ0) is 31.9. The van der Waals surface area contributed by atoms with Gasteiger partial charge in [0, 0.05) is 9.86 Å². The molecule has 0 aliphatic rings. The minimum Gasteiger partial charge on any atom is -0.505 e. The minimum absolute atomic E-state index is 0.00173. The summed E-state index contributed by atoms with van der Waals surface area (Å²) in [5.41, 5.74) is -1.48. The molecule has 16 nitrogen and oxygen atoms in total. The first kappa shape index (κ1) is 31.7. The predicted molar refractivity (Wildman–Crippen MR) is 151 cm³/mol. The van der Waals surface area contributed by atoms with E-state index >= 15 is 0 Å². The number of aromatic hydroxyl groups is 1. The van der Waals surface area contributed by atoms with E-state index in [0.717, 1.165) is 42.5 Å². The number of fused-ring (bicyclic) bond motifs is 1. The second-order valence-corrected chi connectivity index (χ2v) is 13.5. The number of aromatic carboxylic acids is 1. The summed E-state index contributed by atoms with van der Waals surface area (Å²) in [6.45, 7) is 0. The highest BCUT2D eigenvalue weighted by molar-refractivity contribution is 9.10. The van der Waals surface area contributed by atoms with Crippen molar-refractivity contribution in [3.8, 4) is 5.75 Å². The van der Waals surface area contributed by atoms with Crippen LogP contribution in [0.3, 0.4) is 0 Å². The maximum Gasteiger partial charge on any atom is 0.338 e. The van der Waals surface area contributed by atoms with Crippen molar-refractivity contribution in [2.45, 2.75) is 14.7 Å². The maximum atomic E-state index is 12.1. The van der Waals surface area contributed by atoms with Crippen LogP contribution in [-0.2, 0) is 30.4 Å². The van der Waals surface area contributed by atoms with Gasteiger partial charge < -0.3 is 10.2 Å². The van der Waals surface area contributed by atoms with Crippen LogP contribution in [0.5, 0.6) is 5.75 Å². The summed E-state index contributed by atoms with van der Waals surface area (Å²) >= 11 is 2.93. The van der Waals surface area contributed by atoms with E-state index in [2.05, 4.69) is 36.4 Å². The van der Waals surface area contributed by atoms with E-state index in [4.69, 9.17) is 4.55 Å². The molecule has 0 saturated heterocycles. The molecule has 0 bridgehead atoms. The van der Waals surface area contributed by atoms with Gasteiger partial charge in [-0.3, -0.25) is 13.7 Å². The Hall–Kier alpha value is -4.18. The molecule has 224 valence electrons. The molecule has 0 atom stereocenters. The molecular weight excluding hydrogens is 700 g/mol. The molecule has 0 heterocycles. The molecule has 20 heteroatoms. The second kappa shape index (κ2) is 11.5. The molecule has 43 heavy (non-hydrogen) atoms. The third kappa shape index (κ3) is 7.07. The van der Waals surface area contributed by atoms with Crippen LogP contribution in [-0.4, -0.2) is 55.1 Å². The van der Waals surface area contributed by atoms with Crippen LogP contribution in [0.1, 0.15) is 10.4 Å². The third-order valence-electron chi connectivity index (χ3n) is 5.54. The van der Waals surface area contributed by atoms with Crippen molar-refractivity contribution in [2.75, 3.05) is 0 Å². The van der Waals surface area contributed by atoms with Gasteiger partial charge in [0.2, 0.25) is 0 Å². The number of azo groups is 2. The zero-order valence-electron chi connectivity index (χ0n) is 20.8. The Morgan fingerprint density at radius 2 is 1.23 bits per heavy atom. The lowest BCUT2D eigenvalue weighted by Gasteiger charge is -2.11. The first-order valence-electron chi connectivity index (χ1n) is 11.1. The van der Waals surface area contributed by atoms with E-state index in [9.17, 15) is 49.4 Å². The van der Waals surface area contributed by atoms with E-state index in [-0.39, 0.29) is 37.2 Å². The topological polar surface area (TPSA) is 270 Å². The second-order valence-electron chi connectivity index (χ2n) is 8.40. The van der Waals surface area contributed by atoms with Crippen LogP contribution in [0, 0.1) is 0 Å². The Bertz CT molecular complexity index is 2200. The number of carboxylic acid groups (broad SMARTS) is 1.